The third-order valence-corrected chi connectivity index (χ3v) is 1.36. The minimum Gasteiger partial charge on any atom is -0.370 e. The van der Waals surface area contributed by atoms with E-state index in [0.29, 0.717) is 12.5 Å². The second-order valence-electron chi connectivity index (χ2n) is 2.61. The number of hydrogen-bond acceptors (Lipinski definition) is 1. The Labute approximate surface area is 91.5 Å². The minimum absolute atomic E-state index is 0. The molecule has 0 aromatic rings. The zero-order valence-electron chi connectivity index (χ0n) is 8.79. The number of nitrogens with one attached hydrogen (secondary N) is 1. The Morgan fingerprint density at radius 3 is 2.36 bits per heavy atom. The van der Waals surface area contributed by atoms with E-state index in [0.717, 1.165) is 19.4 Å². The van der Waals surface area contributed by atoms with Crippen LogP contribution in [0.25, 0.3) is 0 Å². The molecule has 0 heterocycles. The lowest BCUT2D eigenvalue weighted by Crippen LogP contribution is -2.30. The molecule has 0 saturated carbocycles. The van der Waals surface area contributed by atoms with Gasteiger partial charge in [-0.1, -0.05) is 13.3 Å². The van der Waals surface area contributed by atoms with Crippen molar-refractivity contribution < 1.29 is 0 Å². The van der Waals surface area contributed by atoms with Crippen molar-refractivity contribution in [3.63, 3.8) is 0 Å². The Morgan fingerprint density at radius 1 is 1.29 bits per heavy atom. The third kappa shape index (κ3) is 9.12. The first-order chi connectivity index (χ1) is 6.20. The van der Waals surface area contributed by atoms with Crippen molar-refractivity contribution >= 4 is 24.3 Å². The summed E-state index contributed by atoms with van der Waals surface area (Å²) >= 11 is 0. The van der Waals surface area contributed by atoms with Crippen LogP contribution in [0, 0.1) is 0 Å². The molecule has 0 bridgehead atoms. The third-order valence-electron chi connectivity index (χ3n) is 1.36. The number of nitrogens with zero attached hydrogens (tertiary/aromatic N) is 2. The van der Waals surface area contributed by atoms with Crippen molar-refractivity contribution in [1.82, 2.24) is 5.32 Å². The molecule has 14 heavy (non-hydrogen) atoms. The fourth-order valence-electron chi connectivity index (χ4n) is 0.780. The lowest BCUT2D eigenvalue weighted by molar-refractivity contribution is 0.749. The lowest BCUT2D eigenvalue weighted by Gasteiger charge is -2.04. The predicted octanol–water partition coefficient (Wildman–Crippen LogP) is 0.447. The molecule has 0 aliphatic rings. The van der Waals surface area contributed by atoms with E-state index >= 15 is 0 Å². The number of aliphatic imine (C=N–C) groups is 2. The highest BCUT2D eigenvalue weighted by atomic mass is 35.5. The van der Waals surface area contributed by atoms with Crippen LogP contribution in [0.1, 0.15) is 26.7 Å². The quantitative estimate of drug-likeness (QED) is 0.366. The molecule has 0 unspecified atom stereocenters. The van der Waals surface area contributed by atoms with Crippen LogP contribution in [0.5, 0.6) is 0 Å². The van der Waals surface area contributed by atoms with Crippen molar-refractivity contribution in [2.24, 2.45) is 21.5 Å². The van der Waals surface area contributed by atoms with Crippen LogP contribution < -0.4 is 16.8 Å². The molecule has 6 heteroatoms. The summed E-state index contributed by atoms with van der Waals surface area (Å²) in [7, 11) is 0. The molecule has 0 amide bonds. The summed E-state index contributed by atoms with van der Waals surface area (Å²) in [5, 5.41) is 3.06. The monoisotopic (exact) mass is 221 g/mol. The molecule has 0 saturated heterocycles. The van der Waals surface area contributed by atoms with E-state index in [9.17, 15) is 0 Å². The topological polar surface area (TPSA) is 88.8 Å². The summed E-state index contributed by atoms with van der Waals surface area (Å²) in [6.45, 7) is 5.58. The molecule has 0 aromatic carbocycles. The number of unbranched alkanes of at least 4 members (excludes halogenated alkanes) is 1. The standard InChI is InChI=1S/C8H19N5.ClH/c1-3-5-6-12-8(11-4-2)13-7(9)10;/h3-6H2,1-2H3,(H5,9,10,11,12,13);1H. The Morgan fingerprint density at radius 2 is 1.93 bits per heavy atom. The largest absolute Gasteiger partial charge is 0.370 e. The van der Waals surface area contributed by atoms with Crippen LogP contribution in [0.15, 0.2) is 9.98 Å². The van der Waals surface area contributed by atoms with E-state index in [2.05, 4.69) is 22.2 Å². The van der Waals surface area contributed by atoms with Crippen LogP contribution in [0.2, 0.25) is 0 Å². The Kier molecular flexibility index (Phi) is 11.2. The zero-order chi connectivity index (χ0) is 10.1. The molecule has 0 fully saturated rings. The maximum Gasteiger partial charge on any atom is 0.221 e. The van der Waals surface area contributed by atoms with E-state index in [1.165, 1.54) is 0 Å². The highest BCUT2D eigenvalue weighted by Crippen LogP contribution is 1.84. The van der Waals surface area contributed by atoms with Crippen molar-refractivity contribution in [1.29, 1.82) is 0 Å². The van der Waals surface area contributed by atoms with Gasteiger partial charge in [-0.2, -0.15) is 4.99 Å². The second-order valence-corrected chi connectivity index (χ2v) is 2.61. The smallest absolute Gasteiger partial charge is 0.221 e. The highest BCUT2D eigenvalue weighted by molar-refractivity contribution is 5.93. The summed E-state index contributed by atoms with van der Waals surface area (Å²) < 4.78 is 0. The number of rotatable bonds is 4. The van der Waals surface area contributed by atoms with Crippen LogP contribution >= 0.6 is 12.4 Å². The Hall–Kier alpha value is -0.970. The zero-order valence-corrected chi connectivity index (χ0v) is 9.60. The van der Waals surface area contributed by atoms with E-state index in [1.807, 2.05) is 6.92 Å². The van der Waals surface area contributed by atoms with Crippen molar-refractivity contribution in [2.45, 2.75) is 26.7 Å². The van der Waals surface area contributed by atoms with Gasteiger partial charge in [0.2, 0.25) is 5.96 Å². The van der Waals surface area contributed by atoms with Crippen LogP contribution in [0.4, 0.5) is 0 Å². The van der Waals surface area contributed by atoms with E-state index in [-0.39, 0.29) is 18.4 Å². The summed E-state index contributed by atoms with van der Waals surface area (Å²) in [5.41, 5.74) is 10.5. The molecule has 0 spiro atoms. The van der Waals surface area contributed by atoms with Gasteiger partial charge < -0.3 is 16.8 Å². The first-order valence-corrected chi connectivity index (χ1v) is 4.58. The SMILES string of the molecule is CCCCNC(N=C(N)N)=NCC.Cl. The first kappa shape index (κ1) is 15.5. The van der Waals surface area contributed by atoms with Gasteiger partial charge in [-0.15, -0.1) is 12.4 Å². The van der Waals surface area contributed by atoms with Gasteiger partial charge in [0.1, 0.15) is 0 Å². The van der Waals surface area contributed by atoms with Gasteiger partial charge in [-0.05, 0) is 13.3 Å². The Balaban J connectivity index is 0. The van der Waals surface area contributed by atoms with Crippen LogP contribution in [-0.4, -0.2) is 25.0 Å². The highest BCUT2D eigenvalue weighted by Gasteiger charge is 1.94. The molecular weight excluding hydrogens is 202 g/mol. The molecule has 0 aliphatic heterocycles. The lowest BCUT2D eigenvalue weighted by atomic mass is 10.3. The van der Waals surface area contributed by atoms with Gasteiger partial charge in [-0.3, -0.25) is 4.99 Å². The fraction of sp³-hybridized carbons (Fsp3) is 0.750. The average molecular weight is 222 g/mol. The number of halogens is 1. The van der Waals surface area contributed by atoms with Gasteiger partial charge in [0.15, 0.2) is 5.96 Å². The normalized spacial score (nSPS) is 10.3. The van der Waals surface area contributed by atoms with Crippen molar-refractivity contribution in [2.75, 3.05) is 13.1 Å². The van der Waals surface area contributed by atoms with Crippen LogP contribution in [-0.2, 0) is 0 Å². The molecule has 84 valence electrons. The fourth-order valence-corrected chi connectivity index (χ4v) is 0.780. The van der Waals surface area contributed by atoms with E-state index in [4.69, 9.17) is 11.5 Å². The van der Waals surface area contributed by atoms with E-state index < -0.39 is 0 Å². The predicted molar refractivity (Wildman–Crippen MR) is 63.9 cm³/mol. The molecule has 0 rings (SSSR count). The van der Waals surface area contributed by atoms with Crippen molar-refractivity contribution in [3.05, 3.63) is 0 Å². The number of nitrogens with two attached hydrogens (primary N) is 2. The maximum atomic E-state index is 5.23. The number of hydrogen-bond donors (Lipinski definition) is 3. The van der Waals surface area contributed by atoms with Gasteiger partial charge in [0, 0.05) is 13.1 Å². The minimum atomic E-state index is 0. The van der Waals surface area contributed by atoms with Crippen LogP contribution in [0.3, 0.4) is 0 Å². The maximum absolute atomic E-state index is 5.23. The van der Waals surface area contributed by atoms with Gasteiger partial charge in [-0.25, -0.2) is 0 Å². The summed E-state index contributed by atoms with van der Waals surface area (Å²) in [5.74, 6) is 0.562. The molecule has 0 radical (unpaired) electrons. The number of guanidine groups is 2. The summed E-state index contributed by atoms with van der Waals surface area (Å²) in [4.78, 5) is 7.94. The summed E-state index contributed by atoms with van der Waals surface area (Å²) in [6.07, 6.45) is 2.22. The van der Waals surface area contributed by atoms with Gasteiger partial charge >= 0.3 is 0 Å². The molecule has 0 aliphatic carbocycles. The second kappa shape index (κ2) is 10.1. The molecule has 5 nitrogen and oxygen atoms in total. The van der Waals surface area contributed by atoms with Gasteiger partial charge in [0.05, 0.1) is 0 Å². The molecular formula is C8H20ClN5. The first-order valence-electron chi connectivity index (χ1n) is 4.58. The Bertz CT molecular complexity index is 186. The molecule has 0 aromatic heterocycles. The van der Waals surface area contributed by atoms with E-state index in [1.54, 1.807) is 0 Å². The molecule has 5 N–H and O–H groups in total. The molecule has 0 atom stereocenters. The average Bonchev–Trinajstić information content (AvgIpc) is 2.04. The summed E-state index contributed by atoms with van der Waals surface area (Å²) in [6, 6.07) is 0. The van der Waals surface area contributed by atoms with Crippen molar-refractivity contribution in [3.8, 4) is 0 Å². The van der Waals surface area contributed by atoms with Gasteiger partial charge in [0.25, 0.3) is 0 Å².